The number of aromatic nitrogens is 4. The molecule has 11 heteroatoms. The second-order valence-corrected chi connectivity index (χ2v) is 12.1. The number of carbonyl (C=O) groups is 1. The number of nitrogens with two attached hydrogens (primary N) is 1. The number of ketones is 1. The summed E-state index contributed by atoms with van der Waals surface area (Å²) in [6, 6.07) is 13.3. The van der Waals surface area contributed by atoms with Crippen LogP contribution in [0.4, 0.5) is 20.4 Å². The molecule has 2 aromatic carbocycles. The first-order chi connectivity index (χ1) is 22.8. The van der Waals surface area contributed by atoms with E-state index in [1.807, 2.05) is 10.9 Å². The van der Waals surface area contributed by atoms with E-state index < -0.39 is 23.0 Å². The molecule has 1 aliphatic carbocycles. The number of piperidine rings is 1. The van der Waals surface area contributed by atoms with Crippen molar-refractivity contribution in [1.82, 2.24) is 24.6 Å². The third-order valence-corrected chi connectivity index (χ3v) is 8.94. The fourth-order valence-corrected chi connectivity index (χ4v) is 6.24. The van der Waals surface area contributed by atoms with Crippen LogP contribution in [0.3, 0.4) is 0 Å². The summed E-state index contributed by atoms with van der Waals surface area (Å²) in [5.74, 6) is -1.25. The Morgan fingerprint density at radius 3 is 2.45 bits per heavy atom. The van der Waals surface area contributed by atoms with Crippen molar-refractivity contribution in [3.05, 3.63) is 123 Å². The van der Waals surface area contributed by atoms with Crippen molar-refractivity contribution in [2.75, 3.05) is 18.8 Å². The van der Waals surface area contributed by atoms with Crippen molar-refractivity contribution < 1.29 is 13.6 Å². The number of benzene rings is 2. The molecule has 2 aliphatic rings. The lowest BCUT2D eigenvalue weighted by atomic mass is 9.97. The van der Waals surface area contributed by atoms with Crippen molar-refractivity contribution >= 4 is 17.4 Å². The molecule has 9 nitrogen and oxygen atoms in total. The van der Waals surface area contributed by atoms with Gasteiger partial charge < -0.3 is 15.9 Å². The van der Waals surface area contributed by atoms with E-state index in [0.717, 1.165) is 49.9 Å². The SMILES string of the molecule is [C-]#[N+]c1c(C2CC2)cc(C(=O)Cc2ccc(-c3cc(-c4cnn(C5CCNCC5)c4)cnc3N)c(F)c2)c(=O)n1-c1ccc(F)cc1. The standard InChI is InChI=1S/C36H31F2N7O2/c1-40-35-29(22-3-4-22)17-31(36(47)45(35)27-7-5-25(37)6-8-27)33(46)15-21-2-9-28(32(38)14-21)30-16-23(18-42-34(30)39)24-19-43-44(20-24)26-10-12-41-13-11-26/h2,5-9,14,16-20,22,26,41H,3-4,10-13,15H2,(H2,39,42). The minimum Gasteiger partial charge on any atom is -0.383 e. The monoisotopic (exact) mass is 631 g/mol. The summed E-state index contributed by atoms with van der Waals surface area (Å²) in [6.45, 7) is 9.66. The zero-order chi connectivity index (χ0) is 32.7. The highest BCUT2D eigenvalue weighted by Crippen LogP contribution is 2.45. The fourth-order valence-electron chi connectivity index (χ4n) is 6.24. The van der Waals surface area contributed by atoms with Crippen LogP contribution in [0.2, 0.25) is 0 Å². The van der Waals surface area contributed by atoms with E-state index >= 15 is 4.39 Å². The minimum absolute atomic E-state index is 0.0587. The summed E-state index contributed by atoms with van der Waals surface area (Å²) >= 11 is 0. The molecule has 1 aliphatic heterocycles. The Morgan fingerprint density at radius 1 is 0.979 bits per heavy atom. The number of nitrogens with zero attached hydrogens (tertiary/aromatic N) is 5. The van der Waals surface area contributed by atoms with Crippen LogP contribution in [0, 0.1) is 18.2 Å². The predicted molar refractivity (Wildman–Crippen MR) is 175 cm³/mol. The molecule has 0 radical (unpaired) electrons. The molecule has 0 unspecified atom stereocenters. The number of rotatable bonds is 8. The van der Waals surface area contributed by atoms with E-state index in [1.54, 1.807) is 30.6 Å². The van der Waals surface area contributed by atoms with Gasteiger partial charge in [0, 0.05) is 41.1 Å². The van der Waals surface area contributed by atoms with E-state index in [9.17, 15) is 14.0 Å². The number of Topliss-reactive ketones (excluding diaryl/α,β-unsaturated/α-hetero) is 1. The quantitative estimate of drug-likeness (QED) is 0.151. The normalized spacial score (nSPS) is 15.0. The molecule has 47 heavy (non-hydrogen) atoms. The van der Waals surface area contributed by atoms with E-state index in [0.29, 0.717) is 28.4 Å². The first-order valence-electron chi connectivity index (χ1n) is 15.6. The van der Waals surface area contributed by atoms with Gasteiger partial charge in [-0.25, -0.2) is 23.1 Å². The minimum atomic E-state index is -0.673. The first-order valence-corrected chi connectivity index (χ1v) is 15.6. The molecule has 4 heterocycles. The summed E-state index contributed by atoms with van der Waals surface area (Å²) in [4.78, 5) is 35.2. The van der Waals surface area contributed by atoms with Crippen molar-refractivity contribution in [3.63, 3.8) is 0 Å². The van der Waals surface area contributed by atoms with Gasteiger partial charge in [0.15, 0.2) is 5.78 Å². The maximum Gasteiger partial charge on any atom is 0.334 e. The average molecular weight is 632 g/mol. The number of anilines is 1. The smallest absolute Gasteiger partial charge is 0.334 e. The van der Waals surface area contributed by atoms with Gasteiger partial charge in [0.25, 0.3) is 0 Å². The summed E-state index contributed by atoms with van der Waals surface area (Å²) < 4.78 is 32.5. The van der Waals surface area contributed by atoms with Gasteiger partial charge in [-0.1, -0.05) is 18.7 Å². The molecule has 1 saturated heterocycles. The van der Waals surface area contributed by atoms with Crippen LogP contribution in [0.25, 0.3) is 32.8 Å². The highest BCUT2D eigenvalue weighted by Gasteiger charge is 2.31. The lowest BCUT2D eigenvalue weighted by Crippen LogP contribution is -2.29. The van der Waals surface area contributed by atoms with Crippen LogP contribution in [0.5, 0.6) is 0 Å². The Bertz CT molecular complexity index is 2100. The van der Waals surface area contributed by atoms with Gasteiger partial charge in [-0.05, 0) is 98.3 Å². The molecule has 3 N–H and O–H groups in total. The number of carbonyl (C=O) groups excluding carboxylic acids is 1. The van der Waals surface area contributed by atoms with E-state index in [2.05, 4.69) is 20.2 Å². The summed E-state index contributed by atoms with van der Waals surface area (Å²) in [7, 11) is 0. The topological polar surface area (TPSA) is 112 Å². The Morgan fingerprint density at radius 2 is 1.74 bits per heavy atom. The number of hydrogen-bond donors (Lipinski definition) is 2. The summed E-state index contributed by atoms with van der Waals surface area (Å²) in [6.07, 6.45) is 8.81. The molecule has 0 amide bonds. The number of halogens is 2. The van der Waals surface area contributed by atoms with E-state index in [4.69, 9.17) is 12.3 Å². The van der Waals surface area contributed by atoms with E-state index in [1.165, 1.54) is 41.0 Å². The molecular weight excluding hydrogens is 600 g/mol. The van der Waals surface area contributed by atoms with Crippen LogP contribution in [0.15, 0.2) is 78.0 Å². The molecule has 7 rings (SSSR count). The lowest BCUT2D eigenvalue weighted by Gasteiger charge is -2.22. The Hall–Kier alpha value is -5.47. The molecule has 5 aromatic rings. The number of nitrogen functional groups attached to an aromatic ring is 1. The van der Waals surface area contributed by atoms with Crippen molar-refractivity contribution in [3.8, 4) is 27.9 Å². The lowest BCUT2D eigenvalue weighted by molar-refractivity contribution is 0.0991. The molecule has 0 spiro atoms. The van der Waals surface area contributed by atoms with Gasteiger partial charge in [0.05, 0.1) is 12.2 Å². The van der Waals surface area contributed by atoms with Gasteiger partial charge in [-0.2, -0.15) is 5.10 Å². The third kappa shape index (κ3) is 5.95. The van der Waals surface area contributed by atoms with Crippen LogP contribution in [-0.4, -0.2) is 38.2 Å². The Balaban J connectivity index is 1.17. The molecule has 2 fully saturated rings. The molecule has 236 valence electrons. The molecular formula is C36H31F2N7O2. The number of pyridine rings is 2. The molecule has 1 saturated carbocycles. The number of nitrogens with one attached hydrogen (secondary N) is 1. The maximum atomic E-state index is 15.7. The van der Waals surface area contributed by atoms with Crippen LogP contribution >= 0.6 is 0 Å². The first kappa shape index (κ1) is 30.2. The van der Waals surface area contributed by atoms with Crippen molar-refractivity contribution in [2.24, 2.45) is 0 Å². The number of hydrogen-bond acceptors (Lipinski definition) is 6. The molecule has 0 bridgehead atoms. The second-order valence-electron chi connectivity index (χ2n) is 12.1. The Labute approximate surface area is 269 Å². The van der Waals surface area contributed by atoms with Gasteiger partial charge in [0.1, 0.15) is 28.7 Å². The van der Waals surface area contributed by atoms with Gasteiger partial charge in [-0.3, -0.25) is 9.48 Å². The fraction of sp³-hybridized carbons (Fsp3) is 0.250. The summed E-state index contributed by atoms with van der Waals surface area (Å²) in [5.41, 5.74) is 8.95. The van der Waals surface area contributed by atoms with E-state index in [-0.39, 0.29) is 35.1 Å². The third-order valence-electron chi connectivity index (χ3n) is 8.94. The average Bonchev–Trinajstić information content (AvgIpc) is 3.81. The second kappa shape index (κ2) is 12.4. The molecule has 3 aromatic heterocycles. The van der Waals surface area contributed by atoms with Crippen LogP contribution in [0.1, 0.15) is 59.1 Å². The Kier molecular flexibility index (Phi) is 7.95. The molecule has 0 atom stereocenters. The van der Waals surface area contributed by atoms with Gasteiger partial charge in [-0.15, -0.1) is 0 Å². The van der Waals surface area contributed by atoms with Gasteiger partial charge >= 0.3 is 5.56 Å². The zero-order valence-corrected chi connectivity index (χ0v) is 25.4. The largest absolute Gasteiger partial charge is 0.383 e. The van der Waals surface area contributed by atoms with Crippen LogP contribution < -0.4 is 16.6 Å². The highest BCUT2D eigenvalue weighted by atomic mass is 19.1. The van der Waals surface area contributed by atoms with Gasteiger partial charge in [0.2, 0.25) is 5.82 Å². The zero-order valence-electron chi connectivity index (χ0n) is 25.4. The maximum absolute atomic E-state index is 15.7. The van der Waals surface area contributed by atoms with Crippen LogP contribution in [-0.2, 0) is 6.42 Å². The van der Waals surface area contributed by atoms with Crippen molar-refractivity contribution in [2.45, 2.75) is 44.1 Å². The predicted octanol–water partition coefficient (Wildman–Crippen LogP) is 6.40. The summed E-state index contributed by atoms with van der Waals surface area (Å²) in [5, 5.41) is 7.91. The highest BCUT2D eigenvalue weighted by molar-refractivity contribution is 5.98. The van der Waals surface area contributed by atoms with Crippen molar-refractivity contribution in [1.29, 1.82) is 0 Å².